The number of nitrogens with two attached hydrogens (primary N) is 1. The van der Waals surface area contributed by atoms with Crippen LogP contribution in [0, 0.1) is 0 Å². The first kappa shape index (κ1) is 14.0. The summed E-state index contributed by atoms with van der Waals surface area (Å²) in [7, 11) is 0. The monoisotopic (exact) mass is 271 g/mol. The summed E-state index contributed by atoms with van der Waals surface area (Å²) >= 11 is 0. The van der Waals surface area contributed by atoms with Crippen LogP contribution in [0.3, 0.4) is 0 Å². The largest absolute Gasteiger partial charge is 0.409 e. The molecular weight excluding hydrogens is 254 g/mol. The molecule has 1 unspecified atom stereocenters. The average molecular weight is 271 g/mol. The van der Waals surface area contributed by atoms with Crippen molar-refractivity contribution in [3.63, 3.8) is 0 Å². The van der Waals surface area contributed by atoms with Gasteiger partial charge >= 0.3 is 0 Å². The Balaban J connectivity index is 1.99. The summed E-state index contributed by atoms with van der Waals surface area (Å²) in [6.45, 7) is 1.16. The van der Waals surface area contributed by atoms with E-state index in [0.717, 1.165) is 11.3 Å². The number of hydrogen-bond donors (Lipinski definition) is 3. The lowest BCUT2D eigenvalue weighted by Gasteiger charge is -2.16. The highest BCUT2D eigenvalue weighted by Gasteiger charge is 2.15. The van der Waals surface area contributed by atoms with E-state index in [1.165, 1.54) is 6.33 Å². The molecular formula is C14H17N5O. The lowest BCUT2D eigenvalue weighted by atomic mass is 9.98. The molecule has 6 heteroatoms. The summed E-state index contributed by atoms with van der Waals surface area (Å²) in [5.74, 6) is 0.00873. The molecule has 0 aliphatic rings. The average Bonchev–Trinajstić information content (AvgIpc) is 2.53. The Bertz CT molecular complexity index is 544. The quantitative estimate of drug-likeness (QED) is 0.316. The fraction of sp³-hybridized carbons (Fsp3) is 0.214. The van der Waals surface area contributed by atoms with Gasteiger partial charge < -0.3 is 16.3 Å². The van der Waals surface area contributed by atoms with Crippen LogP contribution >= 0.6 is 0 Å². The first-order chi connectivity index (χ1) is 9.81. The van der Waals surface area contributed by atoms with Gasteiger partial charge in [-0.1, -0.05) is 35.5 Å². The van der Waals surface area contributed by atoms with Gasteiger partial charge in [-0.05, 0) is 11.6 Å². The Kier molecular flexibility index (Phi) is 5.02. The molecule has 0 spiro atoms. The van der Waals surface area contributed by atoms with Gasteiger partial charge in [0.2, 0.25) is 0 Å². The molecule has 0 aliphatic carbocycles. The van der Waals surface area contributed by atoms with Crippen LogP contribution in [0.25, 0.3) is 0 Å². The standard InChI is InChI=1S/C14H17N5O/c15-14(19-20)13(11-4-2-1-3-5-11)9-17-8-12-6-7-16-10-18-12/h1-7,10,13,17,20H,8-9H2,(H2,15,19). The second kappa shape index (κ2) is 7.20. The van der Waals surface area contributed by atoms with Gasteiger partial charge in [0.25, 0.3) is 0 Å². The second-order valence-electron chi connectivity index (χ2n) is 4.32. The molecule has 0 radical (unpaired) electrons. The summed E-state index contributed by atoms with van der Waals surface area (Å²) in [6, 6.07) is 11.5. The van der Waals surface area contributed by atoms with Gasteiger partial charge in [0, 0.05) is 19.3 Å². The highest BCUT2D eigenvalue weighted by molar-refractivity contribution is 5.87. The van der Waals surface area contributed by atoms with Gasteiger partial charge in [-0.3, -0.25) is 0 Å². The molecule has 0 fully saturated rings. The smallest absolute Gasteiger partial charge is 0.147 e. The molecule has 6 nitrogen and oxygen atoms in total. The van der Waals surface area contributed by atoms with Crippen molar-refractivity contribution in [3.8, 4) is 0 Å². The number of rotatable bonds is 6. The van der Waals surface area contributed by atoms with Crippen LogP contribution in [0.4, 0.5) is 0 Å². The number of nitrogens with one attached hydrogen (secondary N) is 1. The molecule has 2 aromatic rings. The van der Waals surface area contributed by atoms with Crippen molar-refractivity contribution in [1.82, 2.24) is 15.3 Å². The van der Waals surface area contributed by atoms with E-state index in [2.05, 4.69) is 20.4 Å². The Labute approximate surface area is 117 Å². The molecule has 1 aromatic heterocycles. The van der Waals surface area contributed by atoms with E-state index in [9.17, 15) is 0 Å². The van der Waals surface area contributed by atoms with Crippen molar-refractivity contribution in [3.05, 3.63) is 60.2 Å². The third-order valence-corrected chi connectivity index (χ3v) is 2.97. The number of amidine groups is 1. The van der Waals surface area contributed by atoms with Gasteiger partial charge in [0.05, 0.1) is 11.6 Å². The first-order valence-electron chi connectivity index (χ1n) is 6.29. The molecule has 20 heavy (non-hydrogen) atoms. The summed E-state index contributed by atoms with van der Waals surface area (Å²) in [5, 5.41) is 15.3. The molecule has 1 atom stereocenters. The SMILES string of the molecule is N/C(=N/O)C(CNCc1ccncn1)c1ccccc1. The van der Waals surface area contributed by atoms with Crippen LogP contribution in [0.1, 0.15) is 17.2 Å². The molecule has 1 heterocycles. The van der Waals surface area contributed by atoms with Gasteiger partial charge in [-0.2, -0.15) is 0 Å². The molecule has 0 aliphatic heterocycles. The Morgan fingerprint density at radius 3 is 2.75 bits per heavy atom. The third kappa shape index (κ3) is 3.76. The van der Waals surface area contributed by atoms with Crippen molar-refractivity contribution in [2.45, 2.75) is 12.5 Å². The molecule has 1 aromatic carbocycles. The van der Waals surface area contributed by atoms with Gasteiger partial charge in [0.15, 0.2) is 0 Å². The molecule has 4 N–H and O–H groups in total. The maximum absolute atomic E-state index is 8.90. The van der Waals surface area contributed by atoms with Gasteiger partial charge in [-0.25, -0.2) is 9.97 Å². The Morgan fingerprint density at radius 1 is 1.30 bits per heavy atom. The number of aromatic nitrogens is 2. The maximum Gasteiger partial charge on any atom is 0.147 e. The summed E-state index contributed by atoms with van der Waals surface area (Å²) < 4.78 is 0. The Hall–Kier alpha value is -2.47. The molecule has 104 valence electrons. The highest BCUT2D eigenvalue weighted by Crippen LogP contribution is 2.14. The Morgan fingerprint density at radius 2 is 2.10 bits per heavy atom. The summed E-state index contributed by atoms with van der Waals surface area (Å²) in [4.78, 5) is 8.00. The van der Waals surface area contributed by atoms with Crippen molar-refractivity contribution >= 4 is 5.84 Å². The van der Waals surface area contributed by atoms with Gasteiger partial charge in [-0.15, -0.1) is 0 Å². The topological polar surface area (TPSA) is 96.4 Å². The van der Waals surface area contributed by atoms with E-state index in [0.29, 0.717) is 13.1 Å². The van der Waals surface area contributed by atoms with E-state index < -0.39 is 0 Å². The van der Waals surface area contributed by atoms with E-state index in [1.807, 2.05) is 36.4 Å². The zero-order chi connectivity index (χ0) is 14.2. The van der Waals surface area contributed by atoms with Crippen LogP contribution in [0.2, 0.25) is 0 Å². The minimum Gasteiger partial charge on any atom is -0.409 e. The predicted octanol–water partition coefficient (Wildman–Crippen LogP) is 1.10. The van der Waals surface area contributed by atoms with E-state index in [-0.39, 0.29) is 11.8 Å². The molecule has 0 amide bonds. The van der Waals surface area contributed by atoms with Crippen LogP contribution in [-0.2, 0) is 6.54 Å². The minimum absolute atomic E-state index is 0.178. The normalized spacial score (nSPS) is 13.1. The van der Waals surface area contributed by atoms with E-state index in [4.69, 9.17) is 10.9 Å². The number of hydrogen-bond acceptors (Lipinski definition) is 5. The van der Waals surface area contributed by atoms with Crippen LogP contribution in [0.5, 0.6) is 0 Å². The minimum atomic E-state index is -0.178. The molecule has 0 bridgehead atoms. The zero-order valence-electron chi connectivity index (χ0n) is 11.0. The van der Waals surface area contributed by atoms with Crippen LogP contribution in [-0.4, -0.2) is 27.6 Å². The lowest BCUT2D eigenvalue weighted by molar-refractivity contribution is 0.315. The van der Waals surface area contributed by atoms with Crippen molar-refractivity contribution < 1.29 is 5.21 Å². The lowest BCUT2D eigenvalue weighted by Crippen LogP contribution is -2.31. The molecule has 2 rings (SSSR count). The van der Waals surface area contributed by atoms with E-state index in [1.54, 1.807) is 6.20 Å². The fourth-order valence-corrected chi connectivity index (χ4v) is 1.92. The highest BCUT2D eigenvalue weighted by atomic mass is 16.4. The third-order valence-electron chi connectivity index (χ3n) is 2.97. The second-order valence-corrected chi connectivity index (χ2v) is 4.32. The molecule has 0 saturated carbocycles. The van der Waals surface area contributed by atoms with Crippen LogP contribution < -0.4 is 11.1 Å². The first-order valence-corrected chi connectivity index (χ1v) is 6.29. The number of benzene rings is 1. The summed E-state index contributed by atoms with van der Waals surface area (Å²) in [6.07, 6.45) is 3.21. The van der Waals surface area contributed by atoms with E-state index >= 15 is 0 Å². The van der Waals surface area contributed by atoms with Crippen molar-refractivity contribution in [1.29, 1.82) is 0 Å². The summed E-state index contributed by atoms with van der Waals surface area (Å²) in [5.41, 5.74) is 7.66. The van der Waals surface area contributed by atoms with Crippen molar-refractivity contribution in [2.75, 3.05) is 6.54 Å². The van der Waals surface area contributed by atoms with Crippen LogP contribution in [0.15, 0.2) is 54.1 Å². The van der Waals surface area contributed by atoms with Gasteiger partial charge in [0.1, 0.15) is 12.2 Å². The predicted molar refractivity (Wildman–Crippen MR) is 76.3 cm³/mol. The number of oxime groups is 1. The molecule has 0 saturated heterocycles. The number of nitrogens with zero attached hydrogens (tertiary/aromatic N) is 3. The van der Waals surface area contributed by atoms with Crippen molar-refractivity contribution in [2.24, 2.45) is 10.9 Å². The zero-order valence-corrected chi connectivity index (χ0v) is 11.0. The maximum atomic E-state index is 8.90. The fourth-order valence-electron chi connectivity index (χ4n) is 1.92.